The molecule has 46 heavy (non-hydrogen) atoms. The summed E-state index contributed by atoms with van der Waals surface area (Å²) in [6.45, 7) is 9.20. The van der Waals surface area contributed by atoms with Crippen molar-refractivity contribution in [3.63, 3.8) is 0 Å². The quantitative estimate of drug-likeness (QED) is 0.174. The smallest absolute Gasteiger partial charge is 0.264 e. The van der Waals surface area contributed by atoms with Crippen molar-refractivity contribution < 1.29 is 18.0 Å². The lowest BCUT2D eigenvalue weighted by Crippen LogP contribution is -2.56. The molecule has 242 valence electrons. The molecular formula is C37H42ClN3O4S. The van der Waals surface area contributed by atoms with Crippen LogP contribution in [-0.4, -0.2) is 43.3 Å². The Balaban J connectivity index is 1.83. The molecule has 0 saturated carbocycles. The molecule has 0 saturated heterocycles. The minimum atomic E-state index is -4.17. The van der Waals surface area contributed by atoms with Crippen LogP contribution < -0.4 is 9.62 Å². The van der Waals surface area contributed by atoms with E-state index in [-0.39, 0.29) is 29.7 Å². The summed E-state index contributed by atoms with van der Waals surface area (Å²) in [5.41, 5.74) is 2.29. The van der Waals surface area contributed by atoms with E-state index in [2.05, 4.69) is 19.2 Å². The number of anilines is 1. The van der Waals surface area contributed by atoms with Crippen molar-refractivity contribution in [2.24, 2.45) is 0 Å². The van der Waals surface area contributed by atoms with E-state index in [9.17, 15) is 18.0 Å². The lowest BCUT2D eigenvalue weighted by atomic mass is 10.0. The van der Waals surface area contributed by atoms with E-state index in [0.29, 0.717) is 16.3 Å². The van der Waals surface area contributed by atoms with Crippen LogP contribution in [0.1, 0.15) is 57.2 Å². The van der Waals surface area contributed by atoms with Gasteiger partial charge in [-0.25, -0.2) is 8.42 Å². The van der Waals surface area contributed by atoms with E-state index in [1.807, 2.05) is 69.3 Å². The SMILES string of the molecule is CC(C)c1ccc(N(CC(=O)N(Cc2ccccc2Cl)[C@H](Cc2ccccc2)C(=O)NC(C)(C)C)S(=O)(=O)c2ccccc2)cc1. The van der Waals surface area contributed by atoms with E-state index in [1.54, 1.807) is 48.5 Å². The number of benzene rings is 4. The fourth-order valence-electron chi connectivity index (χ4n) is 5.09. The van der Waals surface area contributed by atoms with Crippen LogP contribution >= 0.6 is 11.6 Å². The highest BCUT2D eigenvalue weighted by Crippen LogP contribution is 2.28. The Kier molecular flexibility index (Phi) is 11.3. The zero-order valence-corrected chi connectivity index (χ0v) is 28.6. The maximum atomic E-state index is 14.6. The molecule has 0 bridgehead atoms. The van der Waals surface area contributed by atoms with Gasteiger partial charge >= 0.3 is 0 Å². The molecule has 2 amide bonds. The average molecular weight is 660 g/mol. The Bertz CT molecular complexity index is 1720. The van der Waals surface area contributed by atoms with Gasteiger partial charge in [0.1, 0.15) is 12.6 Å². The highest BCUT2D eigenvalue weighted by molar-refractivity contribution is 7.92. The first kappa shape index (κ1) is 34.7. The van der Waals surface area contributed by atoms with Gasteiger partial charge in [-0.2, -0.15) is 0 Å². The molecule has 7 nitrogen and oxygen atoms in total. The second kappa shape index (κ2) is 15.0. The molecule has 4 rings (SSSR count). The summed E-state index contributed by atoms with van der Waals surface area (Å²) >= 11 is 6.57. The predicted molar refractivity (Wildman–Crippen MR) is 185 cm³/mol. The highest BCUT2D eigenvalue weighted by Gasteiger charge is 2.35. The summed E-state index contributed by atoms with van der Waals surface area (Å²) in [5.74, 6) is -0.658. The fraction of sp³-hybridized carbons (Fsp3) is 0.297. The average Bonchev–Trinajstić information content (AvgIpc) is 3.02. The van der Waals surface area contributed by atoms with Crippen LogP contribution in [0.5, 0.6) is 0 Å². The first-order valence-electron chi connectivity index (χ1n) is 15.3. The van der Waals surface area contributed by atoms with E-state index < -0.39 is 34.1 Å². The second-order valence-electron chi connectivity index (χ2n) is 12.6. The van der Waals surface area contributed by atoms with Crippen LogP contribution in [0.3, 0.4) is 0 Å². The van der Waals surface area contributed by atoms with E-state index >= 15 is 0 Å². The molecule has 0 aromatic heterocycles. The topological polar surface area (TPSA) is 86.8 Å². The third kappa shape index (κ3) is 8.98. The number of nitrogens with zero attached hydrogens (tertiary/aromatic N) is 2. The van der Waals surface area contributed by atoms with Gasteiger partial charge in [-0.1, -0.05) is 104 Å². The minimum absolute atomic E-state index is 0.000911. The van der Waals surface area contributed by atoms with Gasteiger partial charge in [0.15, 0.2) is 0 Å². The molecule has 0 radical (unpaired) electrons. The summed E-state index contributed by atoms with van der Waals surface area (Å²) < 4.78 is 29.4. The molecule has 0 aliphatic heterocycles. The highest BCUT2D eigenvalue weighted by atomic mass is 35.5. The lowest BCUT2D eigenvalue weighted by molar-refractivity contribution is -0.140. The number of nitrogens with one attached hydrogen (secondary N) is 1. The third-order valence-electron chi connectivity index (χ3n) is 7.53. The number of amides is 2. The molecule has 0 aliphatic carbocycles. The van der Waals surface area contributed by atoms with E-state index in [0.717, 1.165) is 15.4 Å². The van der Waals surface area contributed by atoms with Gasteiger partial charge in [0.05, 0.1) is 10.6 Å². The molecule has 1 atom stereocenters. The zero-order valence-electron chi connectivity index (χ0n) is 27.0. The number of hydrogen-bond acceptors (Lipinski definition) is 4. The van der Waals surface area contributed by atoms with E-state index in [4.69, 9.17) is 11.6 Å². The summed E-state index contributed by atoms with van der Waals surface area (Å²) in [6, 6.07) is 30.8. The summed E-state index contributed by atoms with van der Waals surface area (Å²) in [5, 5.41) is 3.47. The number of hydrogen-bond donors (Lipinski definition) is 1. The minimum Gasteiger partial charge on any atom is -0.350 e. The lowest BCUT2D eigenvalue weighted by Gasteiger charge is -2.35. The van der Waals surface area contributed by atoms with Gasteiger partial charge in [0, 0.05) is 23.5 Å². The van der Waals surface area contributed by atoms with E-state index in [1.165, 1.54) is 17.0 Å². The first-order valence-corrected chi connectivity index (χ1v) is 17.1. The van der Waals surface area contributed by atoms with Crippen molar-refractivity contribution in [2.45, 2.75) is 70.0 Å². The second-order valence-corrected chi connectivity index (χ2v) is 14.9. The molecule has 0 unspecified atom stereocenters. The van der Waals surface area contributed by atoms with Crippen LogP contribution in [0.2, 0.25) is 5.02 Å². The van der Waals surface area contributed by atoms with Gasteiger partial charge in [0.25, 0.3) is 10.0 Å². The monoisotopic (exact) mass is 659 g/mol. The summed E-state index contributed by atoms with van der Waals surface area (Å²) in [6.07, 6.45) is 0.216. The maximum absolute atomic E-state index is 14.6. The van der Waals surface area contributed by atoms with Crippen LogP contribution in [0.4, 0.5) is 5.69 Å². The van der Waals surface area contributed by atoms with Crippen molar-refractivity contribution in [3.8, 4) is 0 Å². The van der Waals surface area contributed by atoms with Crippen molar-refractivity contribution in [2.75, 3.05) is 10.8 Å². The van der Waals surface area contributed by atoms with Crippen LogP contribution in [0, 0.1) is 0 Å². The molecule has 0 fully saturated rings. The zero-order chi connectivity index (χ0) is 33.5. The van der Waals surface area contributed by atoms with Gasteiger partial charge in [0.2, 0.25) is 11.8 Å². The molecule has 4 aromatic rings. The fourth-order valence-corrected chi connectivity index (χ4v) is 6.72. The summed E-state index contributed by atoms with van der Waals surface area (Å²) in [4.78, 5) is 30.1. The number of carbonyl (C=O) groups is 2. The predicted octanol–water partition coefficient (Wildman–Crippen LogP) is 7.21. The standard InChI is InChI=1S/C37H42ClN3O4S/c1-27(2)29-20-22-31(23-21-29)41(46(44,45)32-17-10-7-11-18-32)26-35(42)40(25-30-16-12-13-19-33(30)38)34(36(43)39-37(3,4)5)24-28-14-8-6-9-15-28/h6-23,27,34H,24-26H2,1-5H3,(H,39,43)/t34-/m1/s1. The van der Waals surface area contributed by atoms with Crippen molar-refractivity contribution in [3.05, 3.63) is 131 Å². The number of carbonyl (C=O) groups excluding carboxylic acids is 2. The Morgan fingerprint density at radius 3 is 1.93 bits per heavy atom. The largest absolute Gasteiger partial charge is 0.350 e. The number of rotatable bonds is 12. The molecular weight excluding hydrogens is 618 g/mol. The molecule has 0 aliphatic rings. The summed E-state index contributed by atoms with van der Waals surface area (Å²) in [7, 11) is -4.17. The van der Waals surface area contributed by atoms with Gasteiger partial charge in [-0.05, 0) is 73.7 Å². The van der Waals surface area contributed by atoms with Crippen molar-refractivity contribution >= 4 is 39.1 Å². The van der Waals surface area contributed by atoms with Crippen LogP contribution in [0.25, 0.3) is 0 Å². The number of halogens is 1. The Labute approximate surface area is 278 Å². The Morgan fingerprint density at radius 2 is 1.37 bits per heavy atom. The molecule has 9 heteroatoms. The molecule has 0 heterocycles. The third-order valence-corrected chi connectivity index (χ3v) is 9.68. The van der Waals surface area contributed by atoms with Crippen molar-refractivity contribution in [1.29, 1.82) is 0 Å². The molecule has 0 spiro atoms. The molecule has 1 N–H and O–H groups in total. The van der Waals surface area contributed by atoms with Gasteiger partial charge in [-0.3, -0.25) is 13.9 Å². The first-order chi connectivity index (χ1) is 21.8. The number of sulfonamides is 1. The maximum Gasteiger partial charge on any atom is 0.264 e. The van der Waals surface area contributed by atoms with Crippen LogP contribution in [0.15, 0.2) is 114 Å². The Hall–Kier alpha value is -4.14. The van der Waals surface area contributed by atoms with Crippen LogP contribution in [-0.2, 0) is 32.6 Å². The van der Waals surface area contributed by atoms with Crippen molar-refractivity contribution in [1.82, 2.24) is 10.2 Å². The van der Waals surface area contributed by atoms with Gasteiger partial charge in [-0.15, -0.1) is 0 Å². The normalized spacial score (nSPS) is 12.4. The Morgan fingerprint density at radius 1 is 0.804 bits per heavy atom. The van der Waals surface area contributed by atoms with Gasteiger partial charge < -0.3 is 10.2 Å². The molecule has 4 aromatic carbocycles.